The molecule has 124 valence electrons. The maximum Gasteiger partial charge on any atom is 0.262 e. The minimum atomic E-state index is -3.73. The molecule has 0 fully saturated rings. The van der Waals surface area contributed by atoms with Crippen molar-refractivity contribution in [1.29, 1.82) is 0 Å². The minimum Gasteiger partial charge on any atom is -0.276 e. The van der Waals surface area contributed by atoms with Crippen molar-refractivity contribution >= 4 is 15.7 Å². The minimum absolute atomic E-state index is 0.249. The van der Waals surface area contributed by atoms with Crippen LogP contribution in [0.4, 0.5) is 5.69 Å². The Bertz CT molecular complexity index is 977. The standard InChI is InChI=1S/C18H19N3O2S/c1-13-18(14(2)21(3)19-13)20-24(22,23)17-12-8-7-11-16(17)15-9-5-4-6-10-15/h4-12,20H,1-3H3. The van der Waals surface area contributed by atoms with Gasteiger partial charge in [0.25, 0.3) is 10.0 Å². The predicted molar refractivity (Wildman–Crippen MR) is 95.4 cm³/mol. The number of benzene rings is 2. The fraction of sp³-hybridized carbons (Fsp3) is 0.167. The van der Waals surface area contributed by atoms with Crippen LogP contribution in [-0.2, 0) is 17.1 Å². The van der Waals surface area contributed by atoms with Crippen molar-refractivity contribution in [2.24, 2.45) is 7.05 Å². The van der Waals surface area contributed by atoms with Gasteiger partial charge in [-0.1, -0.05) is 48.5 Å². The summed E-state index contributed by atoms with van der Waals surface area (Å²) in [5, 5.41) is 4.26. The maximum atomic E-state index is 13.0. The van der Waals surface area contributed by atoms with Crippen LogP contribution in [0.3, 0.4) is 0 Å². The van der Waals surface area contributed by atoms with Crippen LogP contribution in [0.1, 0.15) is 11.4 Å². The van der Waals surface area contributed by atoms with Gasteiger partial charge in [-0.15, -0.1) is 0 Å². The van der Waals surface area contributed by atoms with Gasteiger partial charge in [0, 0.05) is 12.6 Å². The van der Waals surface area contributed by atoms with Crippen molar-refractivity contribution in [3.05, 3.63) is 66.0 Å². The zero-order chi connectivity index (χ0) is 17.3. The summed E-state index contributed by atoms with van der Waals surface area (Å²) in [6.07, 6.45) is 0. The molecule has 0 radical (unpaired) electrons. The van der Waals surface area contributed by atoms with E-state index in [1.807, 2.05) is 49.4 Å². The van der Waals surface area contributed by atoms with Gasteiger partial charge in [0.1, 0.15) is 0 Å². The molecule has 0 saturated heterocycles. The van der Waals surface area contributed by atoms with Crippen molar-refractivity contribution in [3.63, 3.8) is 0 Å². The third-order valence-corrected chi connectivity index (χ3v) is 5.41. The van der Waals surface area contributed by atoms with Gasteiger partial charge < -0.3 is 0 Å². The molecule has 3 rings (SSSR count). The summed E-state index contributed by atoms with van der Waals surface area (Å²) in [5.41, 5.74) is 3.48. The highest BCUT2D eigenvalue weighted by Crippen LogP contribution is 2.29. The second-order valence-electron chi connectivity index (χ2n) is 5.64. The van der Waals surface area contributed by atoms with E-state index in [0.29, 0.717) is 16.9 Å². The Hall–Kier alpha value is -2.60. The Morgan fingerprint density at radius 2 is 1.58 bits per heavy atom. The lowest BCUT2D eigenvalue weighted by Gasteiger charge is -2.13. The molecule has 0 amide bonds. The molecular formula is C18H19N3O2S. The molecule has 0 spiro atoms. The van der Waals surface area contributed by atoms with Gasteiger partial charge in [0.15, 0.2) is 0 Å². The van der Waals surface area contributed by atoms with Crippen LogP contribution in [0.25, 0.3) is 11.1 Å². The number of hydrogen-bond acceptors (Lipinski definition) is 3. The lowest BCUT2D eigenvalue weighted by Crippen LogP contribution is -2.15. The average Bonchev–Trinajstić information content (AvgIpc) is 2.82. The van der Waals surface area contributed by atoms with Crippen molar-refractivity contribution in [1.82, 2.24) is 9.78 Å². The number of aromatic nitrogens is 2. The fourth-order valence-electron chi connectivity index (χ4n) is 2.67. The molecule has 0 bridgehead atoms. The SMILES string of the molecule is Cc1nn(C)c(C)c1NS(=O)(=O)c1ccccc1-c1ccccc1. The Labute approximate surface area is 142 Å². The van der Waals surface area contributed by atoms with Gasteiger partial charge >= 0.3 is 0 Å². The number of sulfonamides is 1. The summed E-state index contributed by atoms with van der Waals surface area (Å²) in [7, 11) is -1.94. The smallest absolute Gasteiger partial charge is 0.262 e. The normalized spacial score (nSPS) is 11.5. The maximum absolute atomic E-state index is 13.0. The van der Waals surface area contributed by atoms with Crippen molar-refractivity contribution in [2.75, 3.05) is 4.72 Å². The molecule has 0 saturated carbocycles. The molecule has 0 atom stereocenters. The van der Waals surface area contributed by atoms with Gasteiger partial charge in [-0.3, -0.25) is 9.40 Å². The first-order valence-electron chi connectivity index (χ1n) is 7.57. The zero-order valence-corrected chi connectivity index (χ0v) is 14.6. The van der Waals surface area contributed by atoms with Crippen LogP contribution in [0, 0.1) is 13.8 Å². The molecule has 0 aliphatic heterocycles. The highest BCUT2D eigenvalue weighted by atomic mass is 32.2. The molecule has 0 unspecified atom stereocenters. The monoisotopic (exact) mass is 341 g/mol. The third kappa shape index (κ3) is 2.92. The van der Waals surface area contributed by atoms with Crippen LogP contribution in [0.2, 0.25) is 0 Å². The molecule has 6 heteroatoms. The van der Waals surface area contributed by atoms with E-state index in [1.165, 1.54) is 0 Å². The topological polar surface area (TPSA) is 64.0 Å². The quantitative estimate of drug-likeness (QED) is 0.790. The molecule has 0 aliphatic carbocycles. The summed E-state index contributed by atoms with van der Waals surface area (Å²) >= 11 is 0. The van der Waals surface area contributed by atoms with E-state index >= 15 is 0 Å². The first kappa shape index (κ1) is 16.3. The molecule has 1 heterocycles. The van der Waals surface area contributed by atoms with Gasteiger partial charge in [-0.05, 0) is 25.5 Å². The van der Waals surface area contributed by atoms with Crippen molar-refractivity contribution in [3.8, 4) is 11.1 Å². The first-order valence-corrected chi connectivity index (χ1v) is 9.06. The molecule has 5 nitrogen and oxygen atoms in total. The van der Waals surface area contributed by atoms with Gasteiger partial charge in [-0.2, -0.15) is 5.10 Å². The van der Waals surface area contributed by atoms with Crippen LogP contribution in [-0.4, -0.2) is 18.2 Å². The summed E-state index contributed by atoms with van der Waals surface area (Å²) in [6, 6.07) is 16.5. The zero-order valence-electron chi connectivity index (χ0n) is 13.8. The van der Waals surface area contributed by atoms with Gasteiger partial charge in [0.05, 0.1) is 22.0 Å². The van der Waals surface area contributed by atoms with Crippen LogP contribution in [0.5, 0.6) is 0 Å². The van der Waals surface area contributed by atoms with E-state index < -0.39 is 10.0 Å². The van der Waals surface area contributed by atoms with Crippen LogP contribution >= 0.6 is 0 Å². The summed E-state index contributed by atoms with van der Waals surface area (Å²) in [4.78, 5) is 0.249. The van der Waals surface area contributed by atoms with Gasteiger partial charge in [0.2, 0.25) is 0 Å². The van der Waals surface area contributed by atoms with Crippen molar-refractivity contribution < 1.29 is 8.42 Å². The molecule has 0 aliphatic rings. The van der Waals surface area contributed by atoms with E-state index in [-0.39, 0.29) is 4.90 Å². The van der Waals surface area contributed by atoms with E-state index in [9.17, 15) is 8.42 Å². The lowest BCUT2D eigenvalue weighted by molar-refractivity contribution is 0.601. The van der Waals surface area contributed by atoms with E-state index in [0.717, 1.165) is 11.3 Å². The Morgan fingerprint density at radius 3 is 2.21 bits per heavy atom. The number of aryl methyl sites for hydroxylation is 2. The van der Waals surface area contributed by atoms with E-state index in [1.54, 1.807) is 30.8 Å². The molecule has 1 aromatic heterocycles. The Morgan fingerprint density at radius 1 is 0.958 bits per heavy atom. The fourth-order valence-corrected chi connectivity index (χ4v) is 4.08. The predicted octanol–water partition coefficient (Wildman–Crippen LogP) is 3.50. The molecule has 24 heavy (non-hydrogen) atoms. The number of hydrogen-bond donors (Lipinski definition) is 1. The second-order valence-corrected chi connectivity index (χ2v) is 7.29. The summed E-state index contributed by atoms with van der Waals surface area (Å²) in [5.74, 6) is 0. The molecule has 2 aromatic carbocycles. The number of anilines is 1. The average molecular weight is 341 g/mol. The van der Waals surface area contributed by atoms with Crippen molar-refractivity contribution in [2.45, 2.75) is 18.7 Å². The first-order chi connectivity index (χ1) is 11.4. The van der Waals surface area contributed by atoms with E-state index in [2.05, 4.69) is 9.82 Å². The largest absolute Gasteiger partial charge is 0.276 e. The summed E-state index contributed by atoms with van der Waals surface area (Å²) < 4.78 is 30.3. The van der Waals surface area contributed by atoms with Crippen LogP contribution in [0.15, 0.2) is 59.5 Å². The number of nitrogens with one attached hydrogen (secondary N) is 1. The second kappa shape index (κ2) is 6.13. The highest BCUT2D eigenvalue weighted by Gasteiger charge is 2.22. The Kier molecular flexibility index (Phi) is 4.15. The van der Waals surface area contributed by atoms with E-state index in [4.69, 9.17) is 0 Å². The highest BCUT2D eigenvalue weighted by molar-refractivity contribution is 7.92. The number of nitrogens with zero attached hydrogens (tertiary/aromatic N) is 2. The lowest BCUT2D eigenvalue weighted by atomic mass is 10.1. The molecule has 3 aromatic rings. The number of rotatable bonds is 4. The molecule has 1 N–H and O–H groups in total. The third-order valence-electron chi connectivity index (χ3n) is 4.01. The Balaban J connectivity index is 2.09. The van der Waals surface area contributed by atoms with Gasteiger partial charge in [-0.25, -0.2) is 8.42 Å². The van der Waals surface area contributed by atoms with Crippen LogP contribution < -0.4 is 4.72 Å². The summed E-state index contributed by atoms with van der Waals surface area (Å²) in [6.45, 7) is 3.62. The molecular weight excluding hydrogens is 322 g/mol.